The van der Waals surface area contributed by atoms with Crippen molar-refractivity contribution in [3.63, 3.8) is 0 Å². The summed E-state index contributed by atoms with van der Waals surface area (Å²) < 4.78 is 10.8. The first-order valence-electron chi connectivity index (χ1n) is 8.07. The lowest BCUT2D eigenvalue weighted by atomic mass is 10.0. The van der Waals surface area contributed by atoms with Crippen molar-refractivity contribution in [2.45, 2.75) is 46.6 Å². The number of carbonyl (C=O) groups is 1. The second kappa shape index (κ2) is 6.47. The van der Waals surface area contributed by atoms with Crippen molar-refractivity contribution in [3.05, 3.63) is 46.8 Å². The number of hydrogen-bond donors (Lipinski definition) is 1. The molecule has 0 aliphatic carbocycles. The molecule has 3 rings (SSSR count). The van der Waals surface area contributed by atoms with Crippen LogP contribution in [0.1, 0.15) is 48.3 Å². The molecule has 6 nitrogen and oxygen atoms in total. The maximum Gasteiger partial charge on any atom is 0.248 e. The predicted octanol–water partition coefficient (Wildman–Crippen LogP) is 3.41. The first-order chi connectivity index (χ1) is 11.5. The Morgan fingerprint density at radius 2 is 2.12 bits per heavy atom. The van der Waals surface area contributed by atoms with Crippen LogP contribution in [-0.4, -0.2) is 16.0 Å². The Balaban J connectivity index is 1.73. The number of rotatable bonds is 5. The van der Waals surface area contributed by atoms with Crippen molar-refractivity contribution in [3.8, 4) is 0 Å². The summed E-state index contributed by atoms with van der Waals surface area (Å²) >= 11 is 0. The number of aryl methyl sites for hydroxylation is 3. The van der Waals surface area contributed by atoms with Crippen LogP contribution in [0, 0.1) is 13.8 Å². The number of benzene rings is 1. The monoisotopic (exact) mass is 327 g/mol. The van der Waals surface area contributed by atoms with Crippen molar-refractivity contribution in [1.29, 1.82) is 0 Å². The summed E-state index contributed by atoms with van der Waals surface area (Å²) in [6.07, 6.45) is 2.60. The third kappa shape index (κ3) is 3.18. The minimum atomic E-state index is -0.327. The van der Waals surface area contributed by atoms with Gasteiger partial charge in [0.15, 0.2) is 5.82 Å². The zero-order chi connectivity index (χ0) is 17.3. The molecule has 0 spiro atoms. The molecule has 2 heterocycles. The van der Waals surface area contributed by atoms with Crippen LogP contribution >= 0.6 is 0 Å². The van der Waals surface area contributed by atoms with Crippen LogP contribution < -0.4 is 5.32 Å². The third-order valence-corrected chi connectivity index (χ3v) is 3.99. The van der Waals surface area contributed by atoms with Gasteiger partial charge in [-0.2, -0.15) is 4.98 Å². The molecule has 1 amide bonds. The zero-order valence-corrected chi connectivity index (χ0v) is 14.3. The van der Waals surface area contributed by atoms with E-state index >= 15 is 0 Å². The molecule has 24 heavy (non-hydrogen) atoms. The van der Waals surface area contributed by atoms with Gasteiger partial charge in [-0.25, -0.2) is 0 Å². The molecule has 1 N–H and O–H groups in total. The van der Waals surface area contributed by atoms with Crippen molar-refractivity contribution in [2.24, 2.45) is 0 Å². The van der Waals surface area contributed by atoms with Gasteiger partial charge in [0.25, 0.3) is 0 Å². The quantitative estimate of drug-likeness (QED) is 0.776. The van der Waals surface area contributed by atoms with Gasteiger partial charge in [-0.3, -0.25) is 4.79 Å². The average Bonchev–Trinajstić information content (AvgIpc) is 3.14. The highest BCUT2D eigenvalue weighted by Gasteiger charge is 2.18. The lowest BCUT2D eigenvalue weighted by Gasteiger charge is -2.09. The summed E-state index contributed by atoms with van der Waals surface area (Å²) in [5.41, 5.74) is 3.95. The standard InChI is InChI=1S/C18H21N3O3/c1-5-15-20-18(24-21-15)12(4)19-16(22)8-13-9-23-14-7-10(2)6-11(3)17(13)14/h6-7,9,12H,5,8H2,1-4H3,(H,19,22)/t12-/m0/s1. The molecule has 0 bridgehead atoms. The molecule has 0 unspecified atom stereocenters. The predicted molar refractivity (Wildman–Crippen MR) is 89.6 cm³/mol. The second-order valence-corrected chi connectivity index (χ2v) is 6.08. The summed E-state index contributed by atoms with van der Waals surface area (Å²) in [5.74, 6) is 0.948. The van der Waals surface area contributed by atoms with Crippen LogP contribution in [0.5, 0.6) is 0 Å². The lowest BCUT2D eigenvalue weighted by molar-refractivity contribution is -0.121. The number of carbonyl (C=O) groups excluding carboxylic acids is 1. The van der Waals surface area contributed by atoms with Crippen LogP contribution in [0.15, 0.2) is 27.3 Å². The molecule has 0 radical (unpaired) electrons. The normalized spacial score (nSPS) is 12.5. The van der Waals surface area contributed by atoms with Crippen LogP contribution in [0.4, 0.5) is 0 Å². The van der Waals surface area contributed by atoms with Gasteiger partial charge in [-0.1, -0.05) is 18.1 Å². The van der Waals surface area contributed by atoms with Gasteiger partial charge in [-0.15, -0.1) is 0 Å². The van der Waals surface area contributed by atoms with Gasteiger partial charge in [0.05, 0.1) is 12.7 Å². The first-order valence-corrected chi connectivity index (χ1v) is 8.07. The van der Waals surface area contributed by atoms with Gasteiger partial charge in [0, 0.05) is 17.4 Å². The van der Waals surface area contributed by atoms with E-state index in [1.165, 1.54) is 0 Å². The van der Waals surface area contributed by atoms with Gasteiger partial charge in [0.2, 0.25) is 11.8 Å². The smallest absolute Gasteiger partial charge is 0.248 e. The Morgan fingerprint density at radius 3 is 2.83 bits per heavy atom. The van der Waals surface area contributed by atoms with Crippen molar-refractivity contribution in [2.75, 3.05) is 0 Å². The molecule has 0 aliphatic rings. The van der Waals surface area contributed by atoms with Crippen LogP contribution in [-0.2, 0) is 17.6 Å². The number of furan rings is 1. The van der Waals surface area contributed by atoms with Crippen molar-refractivity contribution >= 4 is 16.9 Å². The Morgan fingerprint density at radius 1 is 1.33 bits per heavy atom. The molecule has 6 heteroatoms. The van der Waals surface area contributed by atoms with Gasteiger partial charge < -0.3 is 14.3 Å². The molecule has 0 fully saturated rings. The molecule has 3 aromatic rings. The number of nitrogens with zero attached hydrogens (tertiary/aromatic N) is 2. The number of fused-ring (bicyclic) bond motifs is 1. The summed E-state index contributed by atoms with van der Waals surface area (Å²) in [7, 11) is 0. The molecule has 0 saturated heterocycles. The molecule has 1 aromatic carbocycles. The second-order valence-electron chi connectivity index (χ2n) is 6.08. The maximum atomic E-state index is 12.3. The maximum absolute atomic E-state index is 12.3. The fourth-order valence-corrected chi connectivity index (χ4v) is 2.87. The van der Waals surface area contributed by atoms with E-state index in [-0.39, 0.29) is 18.4 Å². The van der Waals surface area contributed by atoms with E-state index in [1.807, 2.05) is 33.8 Å². The summed E-state index contributed by atoms with van der Waals surface area (Å²) in [4.78, 5) is 16.6. The molecule has 1 atom stereocenters. The number of nitrogens with one attached hydrogen (secondary N) is 1. The van der Waals surface area contributed by atoms with Crippen LogP contribution in [0.25, 0.3) is 11.0 Å². The van der Waals surface area contributed by atoms with Gasteiger partial charge in [0.1, 0.15) is 11.6 Å². The molecule has 0 saturated carbocycles. The fourth-order valence-electron chi connectivity index (χ4n) is 2.87. The summed E-state index contributed by atoms with van der Waals surface area (Å²) in [6.45, 7) is 7.83. The van der Waals surface area contributed by atoms with Crippen molar-refractivity contribution < 1.29 is 13.7 Å². The molecule has 126 valence electrons. The Bertz CT molecular complexity index is 879. The van der Waals surface area contributed by atoms with E-state index in [0.717, 1.165) is 27.7 Å². The first kappa shape index (κ1) is 16.2. The highest BCUT2D eigenvalue weighted by molar-refractivity contribution is 5.90. The molecule has 2 aromatic heterocycles. The van der Waals surface area contributed by atoms with E-state index in [9.17, 15) is 4.79 Å². The number of hydrogen-bond acceptors (Lipinski definition) is 5. The van der Waals surface area contributed by atoms with E-state index < -0.39 is 0 Å². The Kier molecular flexibility index (Phi) is 4.38. The Labute approximate surface area is 140 Å². The third-order valence-electron chi connectivity index (χ3n) is 3.99. The fraction of sp³-hybridized carbons (Fsp3) is 0.389. The van der Waals surface area contributed by atoms with Gasteiger partial charge >= 0.3 is 0 Å². The minimum Gasteiger partial charge on any atom is -0.464 e. The van der Waals surface area contributed by atoms with Gasteiger partial charge in [-0.05, 0) is 38.0 Å². The molecular weight excluding hydrogens is 306 g/mol. The van der Waals surface area contributed by atoms with Crippen LogP contribution in [0.2, 0.25) is 0 Å². The van der Waals surface area contributed by atoms with E-state index in [1.54, 1.807) is 6.26 Å². The largest absolute Gasteiger partial charge is 0.464 e. The molecule has 0 aliphatic heterocycles. The number of aromatic nitrogens is 2. The highest BCUT2D eigenvalue weighted by atomic mass is 16.5. The van der Waals surface area contributed by atoms with E-state index in [4.69, 9.17) is 8.94 Å². The lowest BCUT2D eigenvalue weighted by Crippen LogP contribution is -2.28. The van der Waals surface area contributed by atoms with Crippen LogP contribution in [0.3, 0.4) is 0 Å². The summed E-state index contributed by atoms with van der Waals surface area (Å²) in [5, 5.41) is 7.75. The highest BCUT2D eigenvalue weighted by Crippen LogP contribution is 2.26. The zero-order valence-electron chi connectivity index (χ0n) is 14.3. The molecular formula is C18H21N3O3. The van der Waals surface area contributed by atoms with Crippen molar-refractivity contribution in [1.82, 2.24) is 15.5 Å². The average molecular weight is 327 g/mol. The topological polar surface area (TPSA) is 81.2 Å². The SMILES string of the molecule is CCc1noc([C@H](C)NC(=O)Cc2coc3cc(C)cc(C)c23)n1. The minimum absolute atomic E-state index is 0.110. The van der Waals surface area contributed by atoms with E-state index in [0.29, 0.717) is 18.1 Å². The number of amides is 1. The van der Waals surface area contributed by atoms with E-state index in [2.05, 4.69) is 21.5 Å². The Hall–Kier alpha value is -2.63. The summed E-state index contributed by atoms with van der Waals surface area (Å²) in [6, 6.07) is 3.75.